The van der Waals surface area contributed by atoms with Crippen LogP contribution in [0, 0.1) is 6.92 Å². The van der Waals surface area contributed by atoms with Crippen LogP contribution in [0.1, 0.15) is 38.7 Å². The molecule has 1 amide bonds. The molecule has 0 saturated carbocycles. The molecule has 0 spiro atoms. The topological polar surface area (TPSA) is 46.3 Å². The third-order valence-corrected chi connectivity index (χ3v) is 3.17. The number of carbonyl (C=O) groups excluding carboxylic acids is 1. The Morgan fingerprint density at radius 1 is 1.33 bits per heavy atom. The van der Waals surface area contributed by atoms with Gasteiger partial charge in [0, 0.05) is 12.2 Å². The van der Waals surface area contributed by atoms with Gasteiger partial charge in [0.2, 0.25) is 5.91 Å². The van der Waals surface area contributed by atoms with Crippen LogP contribution in [0.2, 0.25) is 0 Å². The van der Waals surface area contributed by atoms with E-state index in [1.165, 1.54) is 0 Å². The van der Waals surface area contributed by atoms with Gasteiger partial charge in [0.15, 0.2) is 0 Å². The van der Waals surface area contributed by atoms with Crippen molar-refractivity contribution in [2.45, 2.75) is 46.1 Å². The fourth-order valence-electron chi connectivity index (χ4n) is 2.06. The Labute approximate surface area is 110 Å². The van der Waals surface area contributed by atoms with Crippen LogP contribution in [0.25, 0.3) is 0 Å². The van der Waals surface area contributed by atoms with Gasteiger partial charge in [-0.05, 0) is 31.9 Å². The zero-order valence-electron chi connectivity index (χ0n) is 11.6. The minimum Gasteiger partial charge on any atom is -0.320 e. The Balaban J connectivity index is 2.83. The Morgan fingerprint density at radius 3 is 2.56 bits per heavy atom. The lowest BCUT2D eigenvalue weighted by Crippen LogP contribution is -2.44. The number of hydrogen-bond donors (Lipinski definition) is 1. The first kappa shape index (κ1) is 14.7. The maximum Gasteiger partial charge on any atom is 0.243 e. The number of carbonyl (C=O) groups is 1. The van der Waals surface area contributed by atoms with Crippen molar-refractivity contribution >= 4 is 11.6 Å². The summed E-state index contributed by atoms with van der Waals surface area (Å²) in [5, 5.41) is 0. The summed E-state index contributed by atoms with van der Waals surface area (Å²) in [6.45, 7) is 6.76. The van der Waals surface area contributed by atoms with Crippen molar-refractivity contribution in [3.8, 4) is 0 Å². The van der Waals surface area contributed by atoms with Gasteiger partial charge < -0.3 is 10.6 Å². The number of anilines is 1. The van der Waals surface area contributed by atoms with Crippen molar-refractivity contribution in [1.82, 2.24) is 0 Å². The predicted octanol–water partition coefficient (Wildman–Crippen LogP) is 2.87. The van der Waals surface area contributed by atoms with Crippen molar-refractivity contribution < 1.29 is 4.79 Å². The molecule has 100 valence electrons. The van der Waals surface area contributed by atoms with E-state index in [0.29, 0.717) is 6.54 Å². The molecule has 0 saturated heterocycles. The molecule has 3 heteroatoms. The van der Waals surface area contributed by atoms with E-state index >= 15 is 0 Å². The predicted molar refractivity (Wildman–Crippen MR) is 76.7 cm³/mol. The molecule has 3 nitrogen and oxygen atoms in total. The average molecular weight is 248 g/mol. The van der Waals surface area contributed by atoms with Crippen LogP contribution in [0.3, 0.4) is 0 Å². The third-order valence-electron chi connectivity index (χ3n) is 3.17. The molecule has 1 atom stereocenters. The van der Waals surface area contributed by atoms with Crippen LogP contribution in [0.4, 0.5) is 5.69 Å². The summed E-state index contributed by atoms with van der Waals surface area (Å²) in [7, 11) is 0. The standard InChI is InChI=1S/C15H24N2O/c1-4-6-10-13(16)15(18)17(5-2)14-11-8-7-9-12(14)3/h7-9,11,13H,4-6,10,16H2,1-3H3/t13-/m0/s1. The maximum absolute atomic E-state index is 12.3. The first-order valence-electron chi connectivity index (χ1n) is 6.74. The molecule has 1 aromatic rings. The Morgan fingerprint density at radius 2 is 2.00 bits per heavy atom. The number of amides is 1. The third kappa shape index (κ3) is 3.57. The minimum absolute atomic E-state index is 0.0280. The van der Waals surface area contributed by atoms with Gasteiger partial charge in [-0.2, -0.15) is 0 Å². The van der Waals surface area contributed by atoms with Gasteiger partial charge in [0.25, 0.3) is 0 Å². The first-order valence-corrected chi connectivity index (χ1v) is 6.74. The molecule has 2 N–H and O–H groups in total. The van der Waals surface area contributed by atoms with Gasteiger partial charge >= 0.3 is 0 Å². The summed E-state index contributed by atoms with van der Waals surface area (Å²) in [6.07, 6.45) is 2.83. The molecule has 1 aromatic carbocycles. The van der Waals surface area contributed by atoms with E-state index in [2.05, 4.69) is 6.92 Å². The lowest BCUT2D eigenvalue weighted by atomic mass is 10.1. The second kappa shape index (κ2) is 7.17. The largest absolute Gasteiger partial charge is 0.320 e. The number of likely N-dealkylation sites (N-methyl/N-ethyl adjacent to an activating group) is 1. The van der Waals surface area contributed by atoms with Crippen LogP contribution >= 0.6 is 0 Å². The van der Waals surface area contributed by atoms with Gasteiger partial charge in [-0.15, -0.1) is 0 Å². The monoisotopic (exact) mass is 248 g/mol. The van der Waals surface area contributed by atoms with Gasteiger partial charge in [-0.3, -0.25) is 4.79 Å². The normalized spacial score (nSPS) is 12.2. The summed E-state index contributed by atoms with van der Waals surface area (Å²) in [4.78, 5) is 14.1. The lowest BCUT2D eigenvalue weighted by molar-refractivity contribution is -0.119. The molecular weight excluding hydrogens is 224 g/mol. The minimum atomic E-state index is -0.385. The number of para-hydroxylation sites is 1. The van der Waals surface area contributed by atoms with Gasteiger partial charge in [-0.1, -0.05) is 38.0 Å². The van der Waals surface area contributed by atoms with Crippen LogP contribution in [0.15, 0.2) is 24.3 Å². The number of aryl methyl sites for hydroxylation is 1. The SMILES string of the molecule is CCCC[C@H](N)C(=O)N(CC)c1ccccc1C. The van der Waals surface area contributed by atoms with Gasteiger partial charge in [-0.25, -0.2) is 0 Å². The fourth-order valence-corrected chi connectivity index (χ4v) is 2.06. The highest BCUT2D eigenvalue weighted by atomic mass is 16.2. The lowest BCUT2D eigenvalue weighted by Gasteiger charge is -2.26. The molecule has 0 unspecified atom stereocenters. The van der Waals surface area contributed by atoms with E-state index in [1.807, 2.05) is 38.1 Å². The Bertz CT molecular complexity index is 390. The average Bonchev–Trinajstić information content (AvgIpc) is 2.38. The molecule has 0 aliphatic carbocycles. The second-order valence-electron chi connectivity index (χ2n) is 4.62. The first-order chi connectivity index (χ1) is 8.61. The number of benzene rings is 1. The fraction of sp³-hybridized carbons (Fsp3) is 0.533. The van der Waals surface area contributed by atoms with E-state index in [4.69, 9.17) is 5.73 Å². The molecular formula is C15H24N2O. The zero-order valence-corrected chi connectivity index (χ0v) is 11.6. The van der Waals surface area contributed by atoms with E-state index in [0.717, 1.165) is 30.5 Å². The molecule has 0 aliphatic heterocycles. The van der Waals surface area contributed by atoms with Crippen LogP contribution < -0.4 is 10.6 Å². The molecule has 1 rings (SSSR count). The molecule has 0 aliphatic rings. The van der Waals surface area contributed by atoms with Crippen LogP contribution in [-0.2, 0) is 4.79 Å². The van der Waals surface area contributed by atoms with Crippen molar-refractivity contribution in [1.29, 1.82) is 0 Å². The summed E-state index contributed by atoms with van der Waals surface area (Å²) >= 11 is 0. The number of nitrogens with two attached hydrogens (primary N) is 1. The molecule has 0 radical (unpaired) electrons. The molecule has 0 bridgehead atoms. The number of rotatable bonds is 6. The van der Waals surface area contributed by atoms with E-state index in [9.17, 15) is 4.79 Å². The highest BCUT2D eigenvalue weighted by Gasteiger charge is 2.21. The zero-order chi connectivity index (χ0) is 13.5. The van der Waals surface area contributed by atoms with Gasteiger partial charge in [0.1, 0.15) is 0 Å². The molecule has 0 heterocycles. The molecule has 0 fully saturated rings. The van der Waals surface area contributed by atoms with E-state index < -0.39 is 0 Å². The Hall–Kier alpha value is -1.35. The van der Waals surface area contributed by atoms with E-state index in [1.54, 1.807) is 4.90 Å². The second-order valence-corrected chi connectivity index (χ2v) is 4.62. The number of nitrogens with zero attached hydrogens (tertiary/aromatic N) is 1. The van der Waals surface area contributed by atoms with Crippen molar-refractivity contribution in [2.75, 3.05) is 11.4 Å². The maximum atomic E-state index is 12.3. The smallest absolute Gasteiger partial charge is 0.243 e. The summed E-state index contributed by atoms with van der Waals surface area (Å²) in [5.74, 6) is 0.0280. The highest BCUT2D eigenvalue weighted by molar-refractivity contribution is 5.97. The Kier molecular flexibility index (Phi) is 5.86. The van der Waals surface area contributed by atoms with Crippen LogP contribution in [0.5, 0.6) is 0 Å². The molecule has 18 heavy (non-hydrogen) atoms. The number of unbranched alkanes of at least 4 members (excludes halogenated alkanes) is 1. The van der Waals surface area contributed by atoms with Gasteiger partial charge in [0.05, 0.1) is 6.04 Å². The quantitative estimate of drug-likeness (QED) is 0.841. The summed E-state index contributed by atoms with van der Waals surface area (Å²) in [5.41, 5.74) is 8.05. The molecule has 0 aromatic heterocycles. The summed E-state index contributed by atoms with van der Waals surface area (Å²) in [6, 6.07) is 7.54. The van der Waals surface area contributed by atoms with E-state index in [-0.39, 0.29) is 11.9 Å². The number of hydrogen-bond acceptors (Lipinski definition) is 2. The summed E-state index contributed by atoms with van der Waals surface area (Å²) < 4.78 is 0. The van der Waals surface area contributed by atoms with Crippen molar-refractivity contribution in [3.63, 3.8) is 0 Å². The van der Waals surface area contributed by atoms with Crippen LogP contribution in [-0.4, -0.2) is 18.5 Å². The van der Waals surface area contributed by atoms with Crippen molar-refractivity contribution in [2.24, 2.45) is 5.73 Å². The highest BCUT2D eigenvalue weighted by Crippen LogP contribution is 2.20. The van der Waals surface area contributed by atoms with Crippen molar-refractivity contribution in [3.05, 3.63) is 29.8 Å².